The van der Waals surface area contributed by atoms with Gasteiger partial charge in [0.1, 0.15) is 5.82 Å². The molecule has 4 rings (SSSR count). The lowest BCUT2D eigenvalue weighted by Gasteiger charge is -2.11. The molecule has 0 atom stereocenters. The Labute approximate surface area is 237 Å². The molecule has 1 heterocycles. The predicted molar refractivity (Wildman–Crippen MR) is 147 cm³/mol. The van der Waals surface area contributed by atoms with E-state index in [0.717, 1.165) is 11.8 Å². The Bertz CT molecular complexity index is 1560. The SMILES string of the molecule is CCOC(=O)c1ccc(NC(=O)CSc2nnc(CNC(=O)c3ccc([N+](=O)[O-])cc3)n2-c2ccc(F)cc2)cc1. The average molecular weight is 579 g/mol. The van der Waals surface area contributed by atoms with Gasteiger partial charge in [-0.3, -0.25) is 24.3 Å². The number of hydrogen-bond donors (Lipinski definition) is 2. The van der Waals surface area contributed by atoms with Gasteiger partial charge in [-0.1, -0.05) is 11.8 Å². The van der Waals surface area contributed by atoms with Gasteiger partial charge in [0.2, 0.25) is 5.91 Å². The lowest BCUT2D eigenvalue weighted by Crippen LogP contribution is -2.24. The first-order valence-corrected chi connectivity index (χ1v) is 13.2. The third-order valence-corrected chi connectivity index (χ3v) is 6.47. The van der Waals surface area contributed by atoms with Crippen molar-refractivity contribution >= 4 is 40.9 Å². The molecule has 0 aliphatic carbocycles. The highest BCUT2D eigenvalue weighted by Crippen LogP contribution is 2.23. The summed E-state index contributed by atoms with van der Waals surface area (Å²) >= 11 is 1.08. The molecule has 3 aromatic carbocycles. The fraction of sp³-hybridized carbons (Fsp3) is 0.148. The molecule has 0 unspecified atom stereocenters. The van der Waals surface area contributed by atoms with Crippen LogP contribution < -0.4 is 10.6 Å². The van der Waals surface area contributed by atoms with Crippen LogP contribution in [0, 0.1) is 15.9 Å². The van der Waals surface area contributed by atoms with Gasteiger partial charge in [-0.2, -0.15) is 0 Å². The highest BCUT2D eigenvalue weighted by molar-refractivity contribution is 7.99. The molecule has 0 spiro atoms. The standard InChI is InChI=1S/C27H23FN6O6S/c1-2-40-26(37)18-3-9-20(10-4-18)30-24(35)16-41-27-32-31-23(33(27)21-13-7-19(28)8-14-21)15-29-25(36)17-5-11-22(12-6-17)34(38)39/h3-14H,2,15-16H2,1H3,(H,29,36)(H,30,35). The van der Waals surface area contributed by atoms with E-state index in [4.69, 9.17) is 4.74 Å². The number of non-ortho nitro benzene ring substituents is 1. The van der Waals surface area contributed by atoms with Crippen LogP contribution in [0.3, 0.4) is 0 Å². The minimum absolute atomic E-state index is 0.0475. The molecule has 210 valence electrons. The molecular formula is C27H23FN6O6S. The molecule has 12 nitrogen and oxygen atoms in total. The van der Waals surface area contributed by atoms with Gasteiger partial charge >= 0.3 is 5.97 Å². The van der Waals surface area contributed by atoms with Crippen molar-refractivity contribution < 1.29 is 28.4 Å². The van der Waals surface area contributed by atoms with E-state index in [2.05, 4.69) is 20.8 Å². The number of nitrogens with one attached hydrogen (secondary N) is 2. The Morgan fingerprint density at radius 2 is 1.63 bits per heavy atom. The number of anilines is 1. The van der Waals surface area contributed by atoms with Gasteiger partial charge < -0.3 is 15.4 Å². The molecular weight excluding hydrogens is 555 g/mol. The third-order valence-electron chi connectivity index (χ3n) is 5.54. The van der Waals surface area contributed by atoms with E-state index >= 15 is 0 Å². The summed E-state index contributed by atoms with van der Waals surface area (Å²) in [5.41, 5.74) is 1.42. The first kappa shape index (κ1) is 28.9. The normalized spacial score (nSPS) is 10.6. The molecule has 0 bridgehead atoms. The molecule has 1 aromatic heterocycles. The molecule has 2 N–H and O–H groups in total. The number of carbonyl (C=O) groups excluding carboxylic acids is 3. The van der Waals surface area contributed by atoms with Gasteiger partial charge in [0, 0.05) is 29.1 Å². The number of ether oxygens (including phenoxy) is 1. The minimum Gasteiger partial charge on any atom is -0.462 e. The van der Waals surface area contributed by atoms with Crippen molar-refractivity contribution in [1.29, 1.82) is 0 Å². The van der Waals surface area contributed by atoms with Crippen LogP contribution in [0.5, 0.6) is 0 Å². The monoisotopic (exact) mass is 578 g/mol. The Kier molecular flexibility index (Phi) is 9.37. The number of carbonyl (C=O) groups is 3. The Hall–Kier alpha value is -5.11. The number of halogens is 1. The number of hydrogen-bond acceptors (Lipinski definition) is 9. The third kappa shape index (κ3) is 7.51. The van der Waals surface area contributed by atoms with Crippen molar-refractivity contribution in [3.63, 3.8) is 0 Å². The molecule has 0 aliphatic heterocycles. The van der Waals surface area contributed by atoms with Crippen LogP contribution in [0.15, 0.2) is 78.0 Å². The number of nitro benzene ring substituents is 1. The highest BCUT2D eigenvalue weighted by Gasteiger charge is 2.18. The Balaban J connectivity index is 1.44. The molecule has 41 heavy (non-hydrogen) atoms. The molecule has 0 saturated heterocycles. The summed E-state index contributed by atoms with van der Waals surface area (Å²) in [7, 11) is 0. The zero-order valence-electron chi connectivity index (χ0n) is 21.6. The summed E-state index contributed by atoms with van der Waals surface area (Å²) < 4.78 is 20.1. The van der Waals surface area contributed by atoms with Gasteiger partial charge in [0.15, 0.2) is 11.0 Å². The summed E-state index contributed by atoms with van der Waals surface area (Å²) in [5, 5.41) is 24.9. The van der Waals surface area contributed by atoms with Crippen LogP contribution in [0.4, 0.5) is 15.8 Å². The van der Waals surface area contributed by atoms with E-state index in [-0.39, 0.29) is 36.1 Å². The summed E-state index contributed by atoms with van der Waals surface area (Å²) in [6.07, 6.45) is 0. The number of nitro groups is 1. The molecule has 0 fully saturated rings. The van der Waals surface area contributed by atoms with E-state index in [1.54, 1.807) is 35.8 Å². The maximum atomic E-state index is 13.6. The van der Waals surface area contributed by atoms with Crippen molar-refractivity contribution in [3.8, 4) is 5.69 Å². The number of aromatic nitrogens is 3. The van der Waals surface area contributed by atoms with Crippen LogP contribution in [-0.4, -0.2) is 49.8 Å². The predicted octanol–water partition coefficient (Wildman–Crippen LogP) is 4.15. The summed E-state index contributed by atoms with van der Waals surface area (Å²) in [4.78, 5) is 47.3. The largest absolute Gasteiger partial charge is 0.462 e. The number of rotatable bonds is 11. The number of esters is 1. The van der Waals surface area contributed by atoms with Crippen molar-refractivity contribution in [2.75, 3.05) is 17.7 Å². The maximum absolute atomic E-state index is 13.6. The first-order chi connectivity index (χ1) is 19.7. The number of amides is 2. The zero-order chi connectivity index (χ0) is 29.4. The van der Waals surface area contributed by atoms with Crippen molar-refractivity contribution in [1.82, 2.24) is 20.1 Å². The first-order valence-electron chi connectivity index (χ1n) is 12.2. The van der Waals surface area contributed by atoms with Crippen molar-refractivity contribution in [2.45, 2.75) is 18.6 Å². The van der Waals surface area contributed by atoms with Crippen molar-refractivity contribution in [3.05, 3.63) is 106 Å². The molecule has 4 aromatic rings. The topological polar surface area (TPSA) is 158 Å². The van der Waals surface area contributed by atoms with E-state index < -0.39 is 22.6 Å². The second-order valence-electron chi connectivity index (χ2n) is 8.33. The van der Waals surface area contributed by atoms with Gasteiger partial charge in [-0.25, -0.2) is 9.18 Å². The molecule has 0 radical (unpaired) electrons. The quantitative estimate of drug-likeness (QED) is 0.115. The molecule has 0 aliphatic rings. The van der Waals surface area contributed by atoms with Crippen LogP contribution in [0.25, 0.3) is 5.69 Å². The van der Waals surface area contributed by atoms with E-state index in [0.29, 0.717) is 27.9 Å². The van der Waals surface area contributed by atoms with Gasteiger partial charge in [0.05, 0.1) is 29.4 Å². The number of benzene rings is 3. The van der Waals surface area contributed by atoms with Crippen LogP contribution >= 0.6 is 11.8 Å². The fourth-order valence-corrected chi connectivity index (χ4v) is 4.36. The van der Waals surface area contributed by atoms with Gasteiger partial charge in [-0.05, 0) is 67.6 Å². The molecule has 0 saturated carbocycles. The molecule has 2 amide bonds. The fourth-order valence-electron chi connectivity index (χ4n) is 3.58. The second-order valence-corrected chi connectivity index (χ2v) is 9.27. The lowest BCUT2D eigenvalue weighted by atomic mass is 10.2. The maximum Gasteiger partial charge on any atom is 0.338 e. The number of nitrogens with zero attached hydrogens (tertiary/aromatic N) is 4. The smallest absolute Gasteiger partial charge is 0.338 e. The van der Waals surface area contributed by atoms with Crippen LogP contribution in [0.1, 0.15) is 33.5 Å². The average Bonchev–Trinajstić information content (AvgIpc) is 3.38. The second kappa shape index (κ2) is 13.3. The van der Waals surface area contributed by atoms with Crippen LogP contribution in [-0.2, 0) is 16.1 Å². The van der Waals surface area contributed by atoms with Gasteiger partial charge in [-0.15, -0.1) is 10.2 Å². The van der Waals surface area contributed by atoms with E-state index in [1.165, 1.54) is 48.5 Å². The summed E-state index contributed by atoms with van der Waals surface area (Å²) in [6, 6.07) is 16.9. The van der Waals surface area contributed by atoms with Crippen LogP contribution in [0.2, 0.25) is 0 Å². The summed E-state index contributed by atoms with van der Waals surface area (Å²) in [6.45, 7) is 1.90. The number of thioether (sulfide) groups is 1. The van der Waals surface area contributed by atoms with E-state index in [9.17, 15) is 28.9 Å². The summed E-state index contributed by atoms with van der Waals surface area (Å²) in [5.74, 6) is -1.48. The van der Waals surface area contributed by atoms with Crippen molar-refractivity contribution in [2.24, 2.45) is 0 Å². The Morgan fingerprint density at radius 3 is 2.27 bits per heavy atom. The molecule has 14 heteroatoms. The van der Waals surface area contributed by atoms with Gasteiger partial charge in [0.25, 0.3) is 11.6 Å². The minimum atomic E-state index is -0.561. The lowest BCUT2D eigenvalue weighted by molar-refractivity contribution is -0.384. The zero-order valence-corrected chi connectivity index (χ0v) is 22.4. The Morgan fingerprint density at radius 1 is 0.976 bits per heavy atom. The highest BCUT2D eigenvalue weighted by atomic mass is 32.2. The van der Waals surface area contributed by atoms with E-state index in [1.807, 2.05) is 0 Å².